The average Bonchev–Trinajstić information content (AvgIpc) is 3.59. The third-order valence-electron chi connectivity index (χ3n) is 11.0. The second kappa shape index (κ2) is 21.0. The van der Waals surface area contributed by atoms with Gasteiger partial charge in [-0.15, -0.1) is 0 Å². The fourth-order valence-corrected chi connectivity index (χ4v) is 7.72. The van der Waals surface area contributed by atoms with E-state index in [0.29, 0.717) is 38.2 Å². The SMILES string of the molecule is C=C(CC1NCc2ccccc21)NC(Cc1ccc(C)cc1)C(=O)N1CCN(C(C)c2ccccc2F)CC1.CC.CC(=O)N(C)CC1CCCCC1. The summed E-state index contributed by atoms with van der Waals surface area (Å²) < 4.78 is 14.4. The van der Waals surface area contributed by atoms with E-state index in [1.807, 2.05) is 49.8 Å². The van der Waals surface area contributed by atoms with Crippen molar-refractivity contribution in [1.82, 2.24) is 25.3 Å². The van der Waals surface area contributed by atoms with Gasteiger partial charge in [0.25, 0.3) is 0 Å². The van der Waals surface area contributed by atoms with E-state index in [4.69, 9.17) is 0 Å². The maximum atomic E-state index is 14.4. The van der Waals surface area contributed by atoms with Crippen molar-refractivity contribution in [3.05, 3.63) is 119 Å². The number of nitrogens with one attached hydrogen (secondary N) is 2. The van der Waals surface area contributed by atoms with Crippen LogP contribution in [-0.2, 0) is 22.6 Å². The molecule has 8 heteroatoms. The van der Waals surface area contributed by atoms with Crippen LogP contribution in [-0.4, -0.2) is 72.3 Å². The smallest absolute Gasteiger partial charge is 0.245 e. The van der Waals surface area contributed by atoms with Gasteiger partial charge in [0.2, 0.25) is 11.8 Å². The number of hydrogen-bond acceptors (Lipinski definition) is 5. The third kappa shape index (κ3) is 12.3. The Morgan fingerprint density at radius 2 is 1.58 bits per heavy atom. The van der Waals surface area contributed by atoms with Crippen molar-refractivity contribution in [2.24, 2.45) is 5.92 Å². The lowest BCUT2D eigenvalue weighted by Crippen LogP contribution is -2.54. The number of aryl methyl sites for hydroxylation is 1. The number of piperazine rings is 1. The second-order valence-electron chi connectivity index (χ2n) is 14.8. The lowest BCUT2D eigenvalue weighted by Gasteiger charge is -2.39. The molecule has 1 saturated carbocycles. The molecule has 0 bridgehead atoms. The predicted molar refractivity (Wildman–Crippen MR) is 216 cm³/mol. The maximum absolute atomic E-state index is 14.4. The van der Waals surface area contributed by atoms with E-state index in [1.165, 1.54) is 54.9 Å². The standard InChI is InChI=1S/C33H39FN4O.C10H19NO.C2H6/c1-23-12-14-26(15-13-23)21-32(36-24(2)20-31-29-10-5-4-8-27(29)22-35-31)33(39)38-18-16-37(17-19-38)25(3)28-9-6-7-11-30(28)34;1-9(12)11(2)8-10-6-4-3-5-7-10;1-2/h4-15,25,31-32,35-36H,2,16-22H2,1,3H3;10H,3-8H2,1-2H3;1-2H3. The number of carbonyl (C=O) groups excluding carboxylic acids is 2. The number of fused-ring (bicyclic) bond motifs is 1. The molecule has 3 aromatic carbocycles. The first-order chi connectivity index (χ1) is 25.6. The molecule has 0 aromatic heterocycles. The number of nitrogens with zero attached hydrogens (tertiary/aromatic N) is 3. The van der Waals surface area contributed by atoms with Crippen molar-refractivity contribution in [3.63, 3.8) is 0 Å². The van der Waals surface area contributed by atoms with Crippen LogP contribution in [0.25, 0.3) is 0 Å². The van der Waals surface area contributed by atoms with Gasteiger partial charge in [0, 0.05) is 89.4 Å². The van der Waals surface area contributed by atoms with Crippen molar-refractivity contribution in [3.8, 4) is 0 Å². The Morgan fingerprint density at radius 1 is 0.943 bits per heavy atom. The van der Waals surface area contributed by atoms with Crippen molar-refractivity contribution in [2.45, 2.75) is 104 Å². The minimum absolute atomic E-state index is 0.0356. The van der Waals surface area contributed by atoms with Crippen LogP contribution in [0.3, 0.4) is 0 Å². The van der Waals surface area contributed by atoms with E-state index in [2.05, 4.69) is 77.6 Å². The molecule has 2 aliphatic heterocycles. The van der Waals surface area contributed by atoms with Crippen molar-refractivity contribution < 1.29 is 14.0 Å². The Morgan fingerprint density at radius 3 is 2.25 bits per heavy atom. The molecule has 0 spiro atoms. The van der Waals surface area contributed by atoms with Gasteiger partial charge < -0.3 is 20.4 Å². The topological polar surface area (TPSA) is 67.9 Å². The molecule has 2 heterocycles. The summed E-state index contributed by atoms with van der Waals surface area (Å²) in [6, 6.07) is 23.6. The van der Waals surface area contributed by atoms with Gasteiger partial charge in [-0.05, 0) is 55.4 Å². The lowest BCUT2D eigenvalue weighted by molar-refractivity contribution is -0.135. The molecule has 2 fully saturated rings. The minimum Gasteiger partial charge on any atom is -0.377 e. The second-order valence-corrected chi connectivity index (χ2v) is 14.8. The summed E-state index contributed by atoms with van der Waals surface area (Å²) in [4.78, 5) is 30.9. The first-order valence-electron chi connectivity index (χ1n) is 19.9. The van der Waals surface area contributed by atoms with Crippen LogP contribution >= 0.6 is 0 Å². The molecule has 6 rings (SSSR count). The molecular formula is C45H64FN5O2. The van der Waals surface area contributed by atoms with Gasteiger partial charge >= 0.3 is 0 Å². The van der Waals surface area contributed by atoms with E-state index < -0.39 is 6.04 Å². The zero-order valence-electron chi connectivity index (χ0n) is 33.2. The summed E-state index contributed by atoms with van der Waals surface area (Å²) in [6.45, 7) is 18.6. The Labute approximate surface area is 319 Å². The van der Waals surface area contributed by atoms with Crippen LogP contribution in [0.4, 0.5) is 4.39 Å². The van der Waals surface area contributed by atoms with Crippen LogP contribution in [0.15, 0.2) is 85.1 Å². The van der Waals surface area contributed by atoms with Crippen LogP contribution in [0.2, 0.25) is 0 Å². The predicted octanol–water partition coefficient (Wildman–Crippen LogP) is 8.36. The molecule has 53 heavy (non-hydrogen) atoms. The lowest BCUT2D eigenvalue weighted by atomic mass is 9.89. The number of carbonyl (C=O) groups is 2. The summed E-state index contributed by atoms with van der Waals surface area (Å²) >= 11 is 0. The molecule has 3 unspecified atom stereocenters. The molecule has 2 amide bonds. The summed E-state index contributed by atoms with van der Waals surface area (Å²) in [6.07, 6.45) is 8.06. The van der Waals surface area contributed by atoms with Gasteiger partial charge in [-0.2, -0.15) is 0 Å². The Hall–Kier alpha value is -4.01. The molecule has 1 aliphatic carbocycles. The first-order valence-corrected chi connectivity index (χ1v) is 19.9. The largest absolute Gasteiger partial charge is 0.377 e. The van der Waals surface area contributed by atoms with Crippen molar-refractivity contribution in [1.29, 1.82) is 0 Å². The van der Waals surface area contributed by atoms with E-state index in [9.17, 15) is 14.0 Å². The van der Waals surface area contributed by atoms with Gasteiger partial charge in [-0.3, -0.25) is 14.5 Å². The fourth-order valence-electron chi connectivity index (χ4n) is 7.72. The van der Waals surface area contributed by atoms with Gasteiger partial charge in [-0.25, -0.2) is 4.39 Å². The highest BCUT2D eigenvalue weighted by atomic mass is 19.1. The third-order valence-corrected chi connectivity index (χ3v) is 11.0. The van der Waals surface area contributed by atoms with E-state index in [0.717, 1.165) is 36.7 Å². The van der Waals surface area contributed by atoms with Crippen molar-refractivity contribution in [2.75, 3.05) is 39.8 Å². The highest BCUT2D eigenvalue weighted by molar-refractivity contribution is 5.82. The Kier molecular flexibility index (Phi) is 16.6. The zero-order valence-corrected chi connectivity index (χ0v) is 33.2. The maximum Gasteiger partial charge on any atom is 0.245 e. The van der Waals surface area contributed by atoms with Gasteiger partial charge in [0.05, 0.1) is 0 Å². The molecule has 288 valence electrons. The summed E-state index contributed by atoms with van der Waals surface area (Å²) in [5.74, 6) is 0.881. The van der Waals surface area contributed by atoms with Crippen LogP contribution in [0.1, 0.15) is 106 Å². The van der Waals surface area contributed by atoms with Crippen LogP contribution in [0.5, 0.6) is 0 Å². The fraction of sp³-hybridized carbons (Fsp3) is 0.511. The monoisotopic (exact) mass is 726 g/mol. The van der Waals surface area contributed by atoms with E-state index in [-0.39, 0.29) is 29.7 Å². The molecular weight excluding hydrogens is 662 g/mol. The summed E-state index contributed by atoms with van der Waals surface area (Å²) in [7, 11) is 1.90. The van der Waals surface area contributed by atoms with Crippen LogP contribution < -0.4 is 10.6 Å². The van der Waals surface area contributed by atoms with E-state index >= 15 is 0 Å². The molecule has 7 nitrogen and oxygen atoms in total. The van der Waals surface area contributed by atoms with Gasteiger partial charge in [0.15, 0.2) is 0 Å². The Bertz CT molecular complexity index is 1600. The molecule has 2 N–H and O–H groups in total. The Balaban J connectivity index is 0.000000379. The number of rotatable bonds is 11. The number of halogens is 1. The van der Waals surface area contributed by atoms with Crippen LogP contribution in [0, 0.1) is 18.7 Å². The molecule has 3 aliphatic rings. The number of benzene rings is 3. The molecule has 0 radical (unpaired) electrons. The minimum atomic E-state index is -0.396. The van der Waals surface area contributed by atoms with E-state index in [1.54, 1.807) is 13.0 Å². The van der Waals surface area contributed by atoms with Gasteiger partial charge in [0.1, 0.15) is 11.9 Å². The first kappa shape index (κ1) is 41.7. The highest BCUT2D eigenvalue weighted by Crippen LogP contribution is 2.30. The quantitative estimate of drug-likeness (QED) is 0.208. The number of hydrogen-bond donors (Lipinski definition) is 2. The summed E-state index contributed by atoms with van der Waals surface area (Å²) in [5, 5.41) is 7.09. The molecule has 3 aromatic rings. The normalized spacial score (nSPS) is 18.3. The summed E-state index contributed by atoms with van der Waals surface area (Å²) in [5.41, 5.74) is 6.52. The number of amides is 2. The molecule has 3 atom stereocenters. The van der Waals surface area contributed by atoms with Gasteiger partial charge in [-0.1, -0.05) is 112 Å². The zero-order chi connectivity index (χ0) is 38.3. The van der Waals surface area contributed by atoms with Crippen molar-refractivity contribution >= 4 is 11.8 Å². The molecule has 1 saturated heterocycles. The average molecular weight is 726 g/mol. The highest BCUT2D eigenvalue weighted by Gasteiger charge is 2.31.